The zero-order valence-corrected chi connectivity index (χ0v) is 10.7. The molecule has 0 aliphatic rings. The molecule has 2 rings (SSSR count). The lowest BCUT2D eigenvalue weighted by Crippen LogP contribution is -2.01. The molecule has 3 heteroatoms. The number of rotatable bonds is 3. The van der Waals surface area contributed by atoms with Gasteiger partial charge in [-0.1, -0.05) is 28.1 Å². The minimum absolute atomic E-state index is 0.797. The van der Waals surface area contributed by atoms with Crippen LogP contribution in [0, 0.1) is 6.92 Å². The van der Waals surface area contributed by atoms with E-state index in [-0.39, 0.29) is 0 Å². The monoisotopic (exact) mass is 276 g/mol. The highest BCUT2D eigenvalue weighted by atomic mass is 79.9. The number of nitrogens with zero attached hydrogens (tertiary/aromatic N) is 1. The Morgan fingerprint density at radius 2 is 2.19 bits per heavy atom. The molecule has 0 bridgehead atoms. The van der Waals surface area contributed by atoms with Crippen molar-refractivity contribution in [2.75, 3.05) is 5.32 Å². The van der Waals surface area contributed by atoms with E-state index in [2.05, 4.69) is 51.4 Å². The summed E-state index contributed by atoms with van der Waals surface area (Å²) in [4.78, 5) is 4.09. The molecule has 0 aliphatic carbocycles. The molecule has 1 N–H and O–H groups in total. The third kappa shape index (κ3) is 2.83. The summed E-state index contributed by atoms with van der Waals surface area (Å²) in [5.41, 5.74) is 3.58. The fourth-order valence-corrected chi connectivity index (χ4v) is 1.85. The van der Waals surface area contributed by atoms with Crippen LogP contribution in [-0.4, -0.2) is 4.98 Å². The van der Waals surface area contributed by atoms with Crippen molar-refractivity contribution >= 4 is 21.6 Å². The summed E-state index contributed by atoms with van der Waals surface area (Å²) >= 11 is 3.47. The van der Waals surface area contributed by atoms with Crippen LogP contribution in [0.3, 0.4) is 0 Å². The van der Waals surface area contributed by atoms with Crippen LogP contribution in [0.4, 0.5) is 5.69 Å². The summed E-state index contributed by atoms with van der Waals surface area (Å²) in [6, 6.07) is 10.2. The second kappa shape index (κ2) is 5.12. The fourth-order valence-electron chi connectivity index (χ4n) is 1.48. The Bertz CT molecular complexity index is 469. The lowest BCUT2D eigenvalue weighted by molar-refractivity contribution is 1.11. The first-order valence-corrected chi connectivity index (χ1v) is 5.94. The molecule has 82 valence electrons. The molecule has 1 aromatic heterocycles. The summed E-state index contributed by atoms with van der Waals surface area (Å²) in [7, 11) is 0. The first-order chi connectivity index (χ1) is 7.75. The zero-order valence-electron chi connectivity index (χ0n) is 9.07. The standard InChI is InChI=1S/C13H13BrN2/c1-10-4-5-12(14)7-13(10)16-9-11-3-2-6-15-8-11/h2-8,16H,9H2,1H3. The predicted molar refractivity (Wildman–Crippen MR) is 70.4 cm³/mol. The zero-order chi connectivity index (χ0) is 11.4. The van der Waals surface area contributed by atoms with Gasteiger partial charge in [0.2, 0.25) is 0 Å². The maximum Gasteiger partial charge on any atom is 0.0416 e. The lowest BCUT2D eigenvalue weighted by atomic mass is 10.2. The topological polar surface area (TPSA) is 24.9 Å². The molecule has 2 aromatic rings. The Morgan fingerprint density at radius 3 is 2.94 bits per heavy atom. The summed E-state index contributed by atoms with van der Waals surface area (Å²) in [6.07, 6.45) is 3.66. The quantitative estimate of drug-likeness (QED) is 0.923. The maximum absolute atomic E-state index is 4.09. The molecule has 0 amide bonds. The van der Waals surface area contributed by atoms with E-state index >= 15 is 0 Å². The highest BCUT2D eigenvalue weighted by molar-refractivity contribution is 9.10. The summed E-state index contributed by atoms with van der Waals surface area (Å²) in [5, 5.41) is 3.40. The molecule has 0 aliphatic heterocycles. The SMILES string of the molecule is Cc1ccc(Br)cc1NCc1cccnc1. The number of halogens is 1. The van der Waals surface area contributed by atoms with E-state index in [0.717, 1.165) is 16.7 Å². The lowest BCUT2D eigenvalue weighted by Gasteiger charge is -2.09. The number of hydrogen-bond donors (Lipinski definition) is 1. The van der Waals surface area contributed by atoms with Crippen LogP contribution >= 0.6 is 15.9 Å². The van der Waals surface area contributed by atoms with E-state index in [1.165, 1.54) is 11.1 Å². The van der Waals surface area contributed by atoms with E-state index in [1.54, 1.807) is 6.20 Å². The minimum atomic E-state index is 0.797. The number of hydrogen-bond acceptors (Lipinski definition) is 2. The van der Waals surface area contributed by atoms with Crippen LogP contribution in [0.5, 0.6) is 0 Å². The van der Waals surface area contributed by atoms with E-state index in [1.807, 2.05) is 18.3 Å². The summed E-state index contributed by atoms with van der Waals surface area (Å²) in [6.45, 7) is 2.89. The maximum atomic E-state index is 4.09. The van der Waals surface area contributed by atoms with Crippen molar-refractivity contribution in [1.29, 1.82) is 0 Å². The van der Waals surface area contributed by atoms with Crippen molar-refractivity contribution in [3.8, 4) is 0 Å². The van der Waals surface area contributed by atoms with Gasteiger partial charge in [0.1, 0.15) is 0 Å². The minimum Gasteiger partial charge on any atom is -0.381 e. The first-order valence-electron chi connectivity index (χ1n) is 5.14. The van der Waals surface area contributed by atoms with Gasteiger partial charge in [0, 0.05) is 29.1 Å². The van der Waals surface area contributed by atoms with Gasteiger partial charge in [0.15, 0.2) is 0 Å². The fraction of sp³-hybridized carbons (Fsp3) is 0.154. The molecule has 0 radical (unpaired) electrons. The largest absolute Gasteiger partial charge is 0.381 e. The van der Waals surface area contributed by atoms with E-state index in [4.69, 9.17) is 0 Å². The number of nitrogens with one attached hydrogen (secondary N) is 1. The van der Waals surface area contributed by atoms with Gasteiger partial charge in [-0.2, -0.15) is 0 Å². The Hall–Kier alpha value is -1.35. The van der Waals surface area contributed by atoms with Crippen LogP contribution in [-0.2, 0) is 6.54 Å². The van der Waals surface area contributed by atoms with Crippen LogP contribution in [0.25, 0.3) is 0 Å². The molecule has 0 saturated carbocycles. The van der Waals surface area contributed by atoms with Crippen LogP contribution in [0.2, 0.25) is 0 Å². The molecular formula is C13H13BrN2. The highest BCUT2D eigenvalue weighted by Gasteiger charge is 1.98. The molecule has 1 aromatic carbocycles. The molecule has 0 unspecified atom stereocenters. The van der Waals surface area contributed by atoms with Gasteiger partial charge in [-0.05, 0) is 36.2 Å². The second-order valence-electron chi connectivity index (χ2n) is 3.67. The normalized spacial score (nSPS) is 10.1. The Labute approximate surface area is 104 Å². The molecule has 0 atom stereocenters. The van der Waals surface area contributed by atoms with Gasteiger partial charge >= 0.3 is 0 Å². The third-order valence-electron chi connectivity index (χ3n) is 2.41. The number of pyridine rings is 1. The van der Waals surface area contributed by atoms with Crippen molar-refractivity contribution in [3.05, 3.63) is 58.3 Å². The molecule has 2 nitrogen and oxygen atoms in total. The average Bonchev–Trinajstić information content (AvgIpc) is 2.32. The number of aromatic nitrogens is 1. The van der Waals surface area contributed by atoms with Crippen LogP contribution in [0.1, 0.15) is 11.1 Å². The Morgan fingerprint density at radius 1 is 1.31 bits per heavy atom. The molecule has 0 fully saturated rings. The van der Waals surface area contributed by atoms with Gasteiger partial charge < -0.3 is 5.32 Å². The number of anilines is 1. The first kappa shape index (κ1) is 11.1. The average molecular weight is 277 g/mol. The van der Waals surface area contributed by atoms with Crippen LogP contribution < -0.4 is 5.32 Å². The van der Waals surface area contributed by atoms with Gasteiger partial charge in [-0.15, -0.1) is 0 Å². The van der Waals surface area contributed by atoms with Crippen molar-refractivity contribution < 1.29 is 0 Å². The van der Waals surface area contributed by atoms with E-state index in [9.17, 15) is 0 Å². The number of benzene rings is 1. The van der Waals surface area contributed by atoms with Crippen LogP contribution in [0.15, 0.2) is 47.2 Å². The number of aryl methyl sites for hydroxylation is 1. The smallest absolute Gasteiger partial charge is 0.0416 e. The van der Waals surface area contributed by atoms with E-state index < -0.39 is 0 Å². The summed E-state index contributed by atoms with van der Waals surface area (Å²) < 4.78 is 1.09. The molecular weight excluding hydrogens is 264 g/mol. The van der Waals surface area contributed by atoms with Crippen molar-refractivity contribution in [2.45, 2.75) is 13.5 Å². The van der Waals surface area contributed by atoms with Gasteiger partial charge in [0.25, 0.3) is 0 Å². The molecule has 0 saturated heterocycles. The second-order valence-corrected chi connectivity index (χ2v) is 4.59. The Balaban J connectivity index is 2.08. The third-order valence-corrected chi connectivity index (χ3v) is 2.90. The Kier molecular flexibility index (Phi) is 3.57. The molecule has 16 heavy (non-hydrogen) atoms. The van der Waals surface area contributed by atoms with Crippen molar-refractivity contribution in [2.24, 2.45) is 0 Å². The van der Waals surface area contributed by atoms with Gasteiger partial charge in [0.05, 0.1) is 0 Å². The molecule has 1 heterocycles. The molecule has 0 spiro atoms. The van der Waals surface area contributed by atoms with Gasteiger partial charge in [-0.3, -0.25) is 4.98 Å². The van der Waals surface area contributed by atoms with Gasteiger partial charge in [-0.25, -0.2) is 0 Å². The van der Waals surface area contributed by atoms with Crippen molar-refractivity contribution in [3.63, 3.8) is 0 Å². The summed E-state index contributed by atoms with van der Waals surface area (Å²) in [5.74, 6) is 0. The predicted octanol–water partition coefficient (Wildman–Crippen LogP) is 3.76. The highest BCUT2D eigenvalue weighted by Crippen LogP contribution is 2.21. The van der Waals surface area contributed by atoms with E-state index in [0.29, 0.717) is 0 Å². The van der Waals surface area contributed by atoms with Crippen molar-refractivity contribution in [1.82, 2.24) is 4.98 Å².